The second-order valence-corrected chi connectivity index (χ2v) is 4.25. The van der Waals surface area contributed by atoms with Crippen molar-refractivity contribution in [2.75, 3.05) is 20.3 Å². The number of ketones is 1. The Bertz CT molecular complexity index is 591. The molecule has 0 atom stereocenters. The fraction of sp³-hybridized carbons (Fsp3) is 0.385. The Morgan fingerprint density at radius 3 is 3.05 bits per heavy atom. The summed E-state index contributed by atoms with van der Waals surface area (Å²) in [5.41, 5.74) is 0. The van der Waals surface area contributed by atoms with E-state index >= 15 is 0 Å². The van der Waals surface area contributed by atoms with Crippen molar-refractivity contribution in [2.45, 2.75) is 13.0 Å². The highest BCUT2D eigenvalue weighted by molar-refractivity contribution is 6.42. The van der Waals surface area contributed by atoms with Gasteiger partial charge in [-0.2, -0.15) is 0 Å². The highest BCUT2D eigenvalue weighted by Crippen LogP contribution is 2.01. The summed E-state index contributed by atoms with van der Waals surface area (Å²) in [5, 5.41) is 10.3. The van der Waals surface area contributed by atoms with Gasteiger partial charge in [0.1, 0.15) is 12.2 Å². The van der Waals surface area contributed by atoms with E-state index in [9.17, 15) is 9.59 Å². The van der Waals surface area contributed by atoms with Crippen LogP contribution in [0.4, 0.5) is 0 Å². The molecular formula is C13H16N4O4. The first-order valence-corrected chi connectivity index (χ1v) is 6.44. The van der Waals surface area contributed by atoms with Crippen LogP contribution in [-0.4, -0.2) is 46.7 Å². The second kappa shape index (κ2) is 7.34. The molecule has 0 fully saturated rings. The summed E-state index contributed by atoms with van der Waals surface area (Å²) in [6, 6.07) is 3.00. The molecule has 0 unspecified atom stereocenters. The number of aromatic nitrogens is 3. The molecule has 0 aliphatic heterocycles. The summed E-state index contributed by atoms with van der Waals surface area (Å²) in [5.74, 6) is -0.651. The van der Waals surface area contributed by atoms with Crippen molar-refractivity contribution in [3.8, 4) is 0 Å². The number of rotatable bonds is 8. The number of hydrogen-bond acceptors (Lipinski definition) is 6. The van der Waals surface area contributed by atoms with Crippen LogP contribution in [0.3, 0.4) is 0 Å². The van der Waals surface area contributed by atoms with Gasteiger partial charge in [-0.1, -0.05) is 0 Å². The van der Waals surface area contributed by atoms with Gasteiger partial charge in [0.2, 0.25) is 0 Å². The van der Waals surface area contributed by atoms with Crippen molar-refractivity contribution in [1.29, 1.82) is 0 Å². The van der Waals surface area contributed by atoms with Crippen LogP contribution in [0.2, 0.25) is 0 Å². The molecule has 0 aliphatic rings. The number of ether oxygens (including phenoxy) is 1. The number of nitrogens with one attached hydrogen (secondary N) is 1. The first-order chi connectivity index (χ1) is 10.2. The second-order valence-electron chi connectivity index (χ2n) is 4.25. The third-order valence-electron chi connectivity index (χ3n) is 2.82. The van der Waals surface area contributed by atoms with Gasteiger partial charge < -0.3 is 19.0 Å². The van der Waals surface area contributed by atoms with E-state index in [4.69, 9.17) is 9.15 Å². The van der Waals surface area contributed by atoms with Gasteiger partial charge in [0, 0.05) is 26.6 Å². The van der Waals surface area contributed by atoms with Gasteiger partial charge in [0.25, 0.3) is 11.7 Å². The van der Waals surface area contributed by atoms with Gasteiger partial charge in [0.05, 0.1) is 12.9 Å². The van der Waals surface area contributed by atoms with Crippen LogP contribution in [0.1, 0.15) is 16.4 Å². The van der Waals surface area contributed by atoms with Crippen molar-refractivity contribution in [3.63, 3.8) is 0 Å². The average molecular weight is 292 g/mol. The Morgan fingerprint density at radius 2 is 2.33 bits per heavy atom. The summed E-state index contributed by atoms with van der Waals surface area (Å²) in [7, 11) is 1.62. The Hall–Kier alpha value is -2.48. The van der Waals surface area contributed by atoms with Crippen LogP contribution >= 0.6 is 0 Å². The molecule has 0 spiro atoms. The lowest BCUT2D eigenvalue weighted by molar-refractivity contribution is -0.117. The smallest absolute Gasteiger partial charge is 0.295 e. The van der Waals surface area contributed by atoms with E-state index in [1.165, 1.54) is 12.3 Å². The molecule has 2 aromatic heterocycles. The molecule has 0 aliphatic carbocycles. The van der Waals surface area contributed by atoms with Gasteiger partial charge >= 0.3 is 0 Å². The summed E-state index contributed by atoms with van der Waals surface area (Å²) in [4.78, 5) is 23.3. The van der Waals surface area contributed by atoms with E-state index in [1.54, 1.807) is 19.5 Å². The molecule has 0 radical (unpaired) electrons. The third kappa shape index (κ3) is 3.99. The topological polar surface area (TPSA) is 99.2 Å². The fourth-order valence-electron chi connectivity index (χ4n) is 1.74. The zero-order valence-corrected chi connectivity index (χ0v) is 11.6. The maximum Gasteiger partial charge on any atom is 0.295 e. The molecule has 0 bridgehead atoms. The van der Waals surface area contributed by atoms with Gasteiger partial charge in [0.15, 0.2) is 5.76 Å². The monoisotopic (exact) mass is 292 g/mol. The molecule has 2 aromatic rings. The number of methoxy groups -OCH3 is 1. The molecule has 0 saturated heterocycles. The van der Waals surface area contributed by atoms with Crippen molar-refractivity contribution < 1.29 is 18.7 Å². The zero-order chi connectivity index (χ0) is 15.1. The van der Waals surface area contributed by atoms with Crippen molar-refractivity contribution in [2.24, 2.45) is 0 Å². The van der Waals surface area contributed by atoms with Gasteiger partial charge in [-0.25, -0.2) is 0 Å². The largest absolute Gasteiger partial charge is 0.461 e. The van der Waals surface area contributed by atoms with Crippen LogP contribution < -0.4 is 5.32 Å². The number of nitrogens with zero attached hydrogens (tertiary/aromatic N) is 3. The Balaban J connectivity index is 1.80. The maximum atomic E-state index is 11.7. The Labute approximate surface area is 121 Å². The van der Waals surface area contributed by atoms with E-state index in [2.05, 4.69) is 15.5 Å². The van der Waals surface area contributed by atoms with Crippen LogP contribution in [0, 0.1) is 0 Å². The number of amides is 1. The quantitative estimate of drug-likeness (QED) is 0.545. The normalized spacial score (nSPS) is 10.5. The molecule has 8 heteroatoms. The molecule has 21 heavy (non-hydrogen) atoms. The minimum atomic E-state index is -0.701. The molecule has 8 nitrogen and oxygen atoms in total. The molecule has 1 amide bonds. The van der Waals surface area contributed by atoms with E-state index in [0.717, 1.165) is 5.82 Å². The molecule has 1 N–H and O–H groups in total. The highest BCUT2D eigenvalue weighted by atomic mass is 16.5. The standard InChI is InChI=1S/C13H16N4O4/c1-20-8-6-17-9-15-16-11(17)4-5-14-13(19)12(18)10-3-2-7-21-10/h2-3,7,9H,4-6,8H2,1H3,(H,14,19). The van der Waals surface area contributed by atoms with Crippen molar-refractivity contribution in [1.82, 2.24) is 20.1 Å². The first kappa shape index (κ1) is 14.9. The number of carbonyl (C=O) groups excluding carboxylic acids is 2. The number of carbonyl (C=O) groups is 2. The number of Topliss-reactive ketones (excluding diaryl/α,β-unsaturated/α-hetero) is 1. The fourth-order valence-corrected chi connectivity index (χ4v) is 1.74. The maximum absolute atomic E-state index is 11.7. The van der Waals surface area contributed by atoms with Gasteiger partial charge in [-0.15, -0.1) is 10.2 Å². The summed E-state index contributed by atoms with van der Waals surface area (Å²) in [6.45, 7) is 1.48. The molecule has 2 heterocycles. The number of hydrogen-bond donors (Lipinski definition) is 1. The van der Waals surface area contributed by atoms with Gasteiger partial charge in [-0.3, -0.25) is 9.59 Å². The minimum absolute atomic E-state index is 0.0239. The summed E-state index contributed by atoms with van der Waals surface area (Å²) < 4.78 is 11.7. The molecular weight excluding hydrogens is 276 g/mol. The third-order valence-corrected chi connectivity index (χ3v) is 2.82. The van der Waals surface area contributed by atoms with Gasteiger partial charge in [-0.05, 0) is 12.1 Å². The lowest BCUT2D eigenvalue weighted by Gasteiger charge is -2.06. The minimum Gasteiger partial charge on any atom is -0.461 e. The molecule has 2 rings (SSSR count). The van der Waals surface area contributed by atoms with Crippen molar-refractivity contribution >= 4 is 11.7 Å². The SMILES string of the molecule is COCCn1cnnc1CCNC(=O)C(=O)c1ccco1. The summed E-state index contributed by atoms with van der Waals surface area (Å²) in [6.07, 6.45) is 3.42. The van der Waals surface area contributed by atoms with E-state index in [0.29, 0.717) is 19.6 Å². The first-order valence-electron chi connectivity index (χ1n) is 6.44. The molecule has 0 saturated carbocycles. The number of furan rings is 1. The Morgan fingerprint density at radius 1 is 1.48 bits per heavy atom. The van der Waals surface area contributed by atoms with Crippen molar-refractivity contribution in [3.05, 3.63) is 36.3 Å². The average Bonchev–Trinajstić information content (AvgIpc) is 3.15. The van der Waals surface area contributed by atoms with Crippen LogP contribution in [0.25, 0.3) is 0 Å². The lowest BCUT2D eigenvalue weighted by Crippen LogP contribution is -2.32. The van der Waals surface area contributed by atoms with E-state index in [1.807, 2.05) is 4.57 Å². The lowest BCUT2D eigenvalue weighted by atomic mass is 10.3. The van der Waals surface area contributed by atoms with E-state index < -0.39 is 11.7 Å². The van der Waals surface area contributed by atoms with Crippen LogP contribution in [-0.2, 0) is 22.5 Å². The Kier molecular flexibility index (Phi) is 5.22. The zero-order valence-electron chi connectivity index (χ0n) is 11.6. The predicted molar refractivity (Wildman–Crippen MR) is 71.7 cm³/mol. The van der Waals surface area contributed by atoms with E-state index in [-0.39, 0.29) is 12.3 Å². The predicted octanol–water partition coefficient (Wildman–Crippen LogP) is 0.0591. The highest BCUT2D eigenvalue weighted by Gasteiger charge is 2.18. The van der Waals surface area contributed by atoms with Crippen LogP contribution in [0.5, 0.6) is 0 Å². The van der Waals surface area contributed by atoms with Crippen LogP contribution in [0.15, 0.2) is 29.1 Å². The molecule has 112 valence electrons. The molecule has 0 aromatic carbocycles. The summed E-state index contributed by atoms with van der Waals surface area (Å²) >= 11 is 0.